The second-order valence-corrected chi connectivity index (χ2v) is 6.35. The lowest BCUT2D eigenvalue weighted by Crippen LogP contribution is -2.18. The third-order valence-corrected chi connectivity index (χ3v) is 4.28. The smallest absolute Gasteiger partial charge is 0.0305 e. The minimum absolute atomic E-state index is 0.396. The predicted molar refractivity (Wildman–Crippen MR) is 80.2 cm³/mol. The van der Waals surface area contributed by atoms with Crippen LogP contribution in [0.1, 0.15) is 39.4 Å². The van der Waals surface area contributed by atoms with Crippen molar-refractivity contribution in [2.45, 2.75) is 40.3 Å². The molecule has 2 rings (SSSR count). The van der Waals surface area contributed by atoms with E-state index in [2.05, 4.69) is 63.3 Å². The van der Waals surface area contributed by atoms with Gasteiger partial charge in [-0.3, -0.25) is 0 Å². The summed E-state index contributed by atoms with van der Waals surface area (Å²) in [5, 5.41) is 3.61. The van der Waals surface area contributed by atoms with Crippen molar-refractivity contribution in [1.82, 2.24) is 5.32 Å². The van der Waals surface area contributed by atoms with Crippen LogP contribution in [0, 0.1) is 20.8 Å². The van der Waals surface area contributed by atoms with E-state index in [9.17, 15) is 0 Å². The molecule has 1 unspecified atom stereocenters. The van der Waals surface area contributed by atoms with Gasteiger partial charge in [0.15, 0.2) is 0 Å². The maximum atomic E-state index is 3.61. The molecule has 1 nitrogen and oxygen atoms in total. The molecular weight excluding hydrogens is 238 g/mol. The van der Waals surface area contributed by atoms with Gasteiger partial charge in [-0.05, 0) is 51.0 Å². The van der Waals surface area contributed by atoms with Crippen molar-refractivity contribution in [2.24, 2.45) is 0 Å². The first kappa shape index (κ1) is 13.3. The fraction of sp³-hybridized carbons (Fsp3) is 0.375. The molecule has 2 aromatic rings. The van der Waals surface area contributed by atoms with Crippen molar-refractivity contribution in [3.8, 4) is 0 Å². The molecule has 1 aromatic heterocycles. The van der Waals surface area contributed by atoms with Crippen molar-refractivity contribution in [1.29, 1.82) is 0 Å². The molecule has 0 radical (unpaired) electrons. The molecule has 0 spiro atoms. The van der Waals surface area contributed by atoms with Crippen LogP contribution in [0.4, 0.5) is 0 Å². The minimum atomic E-state index is 0.396. The van der Waals surface area contributed by atoms with Crippen LogP contribution < -0.4 is 5.32 Å². The SMILES string of the molecule is Cc1ccc(C)c(C(C)NCc2ccc(C)s2)c1. The van der Waals surface area contributed by atoms with Crippen molar-refractivity contribution < 1.29 is 0 Å². The van der Waals surface area contributed by atoms with E-state index in [0.717, 1.165) is 6.54 Å². The fourth-order valence-corrected chi connectivity index (χ4v) is 3.01. The van der Waals surface area contributed by atoms with E-state index in [1.807, 2.05) is 11.3 Å². The number of aryl methyl sites for hydroxylation is 3. The van der Waals surface area contributed by atoms with E-state index in [1.165, 1.54) is 26.4 Å². The van der Waals surface area contributed by atoms with Gasteiger partial charge in [0.2, 0.25) is 0 Å². The zero-order valence-electron chi connectivity index (χ0n) is 11.6. The molecule has 0 saturated heterocycles. The Kier molecular flexibility index (Phi) is 4.20. The van der Waals surface area contributed by atoms with Crippen LogP contribution in [0.2, 0.25) is 0 Å². The molecule has 0 amide bonds. The largest absolute Gasteiger partial charge is 0.305 e. The Morgan fingerprint density at radius 3 is 2.56 bits per heavy atom. The van der Waals surface area contributed by atoms with Crippen LogP contribution in [0.3, 0.4) is 0 Å². The summed E-state index contributed by atoms with van der Waals surface area (Å²) in [5.74, 6) is 0. The molecule has 0 aliphatic heterocycles. The molecular formula is C16H21NS. The maximum absolute atomic E-state index is 3.61. The summed E-state index contributed by atoms with van der Waals surface area (Å²) in [6, 6.07) is 11.5. The molecule has 1 atom stereocenters. The van der Waals surface area contributed by atoms with Gasteiger partial charge in [0.1, 0.15) is 0 Å². The van der Waals surface area contributed by atoms with Gasteiger partial charge in [-0.15, -0.1) is 11.3 Å². The lowest BCUT2D eigenvalue weighted by Gasteiger charge is -2.17. The zero-order valence-corrected chi connectivity index (χ0v) is 12.4. The van der Waals surface area contributed by atoms with Crippen LogP contribution in [0.15, 0.2) is 30.3 Å². The number of benzene rings is 1. The summed E-state index contributed by atoms with van der Waals surface area (Å²) in [6.45, 7) is 9.68. The molecule has 96 valence electrons. The van der Waals surface area contributed by atoms with Gasteiger partial charge in [-0.1, -0.05) is 23.8 Å². The van der Waals surface area contributed by atoms with E-state index >= 15 is 0 Å². The molecule has 0 aliphatic carbocycles. The van der Waals surface area contributed by atoms with Crippen LogP contribution in [-0.2, 0) is 6.54 Å². The Labute approximate surface area is 114 Å². The van der Waals surface area contributed by atoms with Crippen LogP contribution in [0.5, 0.6) is 0 Å². The summed E-state index contributed by atoms with van der Waals surface area (Å²) in [7, 11) is 0. The first-order chi connectivity index (χ1) is 8.56. The van der Waals surface area contributed by atoms with E-state index in [4.69, 9.17) is 0 Å². The standard InChI is InChI=1S/C16H21NS/c1-11-5-6-12(2)16(9-11)14(4)17-10-15-8-7-13(3)18-15/h5-9,14,17H,10H2,1-4H3. The van der Waals surface area contributed by atoms with Crippen molar-refractivity contribution >= 4 is 11.3 Å². The first-order valence-corrected chi connectivity index (χ1v) is 7.24. The van der Waals surface area contributed by atoms with Gasteiger partial charge in [0.05, 0.1) is 0 Å². The van der Waals surface area contributed by atoms with Crippen molar-refractivity contribution in [2.75, 3.05) is 0 Å². The van der Waals surface area contributed by atoms with E-state index in [-0.39, 0.29) is 0 Å². The van der Waals surface area contributed by atoms with Crippen molar-refractivity contribution in [3.63, 3.8) is 0 Å². The second kappa shape index (κ2) is 5.68. The zero-order chi connectivity index (χ0) is 13.1. The number of thiophene rings is 1. The highest BCUT2D eigenvalue weighted by molar-refractivity contribution is 7.11. The highest BCUT2D eigenvalue weighted by atomic mass is 32.1. The highest BCUT2D eigenvalue weighted by Crippen LogP contribution is 2.21. The topological polar surface area (TPSA) is 12.0 Å². The third-order valence-electron chi connectivity index (χ3n) is 3.28. The molecule has 0 saturated carbocycles. The molecule has 1 aromatic carbocycles. The first-order valence-electron chi connectivity index (χ1n) is 6.42. The van der Waals surface area contributed by atoms with E-state index < -0.39 is 0 Å². The molecule has 0 aliphatic rings. The maximum Gasteiger partial charge on any atom is 0.0305 e. The second-order valence-electron chi connectivity index (χ2n) is 4.97. The average molecular weight is 259 g/mol. The predicted octanol–water partition coefficient (Wildman–Crippen LogP) is 4.52. The Morgan fingerprint density at radius 2 is 1.89 bits per heavy atom. The minimum Gasteiger partial charge on any atom is -0.305 e. The lowest BCUT2D eigenvalue weighted by molar-refractivity contribution is 0.576. The van der Waals surface area contributed by atoms with Gasteiger partial charge in [-0.2, -0.15) is 0 Å². The Bertz CT molecular complexity index is 528. The number of nitrogens with one attached hydrogen (secondary N) is 1. The number of hydrogen-bond acceptors (Lipinski definition) is 2. The molecule has 1 N–H and O–H groups in total. The summed E-state index contributed by atoms with van der Waals surface area (Å²) >= 11 is 1.87. The van der Waals surface area contributed by atoms with Crippen molar-refractivity contribution in [3.05, 3.63) is 56.8 Å². The average Bonchev–Trinajstić information content (AvgIpc) is 2.75. The van der Waals surface area contributed by atoms with Gasteiger partial charge in [0.25, 0.3) is 0 Å². The lowest BCUT2D eigenvalue weighted by atomic mass is 10.00. The third kappa shape index (κ3) is 3.21. The van der Waals surface area contributed by atoms with Crippen LogP contribution >= 0.6 is 11.3 Å². The molecule has 2 heteroatoms. The molecule has 0 bridgehead atoms. The molecule has 1 heterocycles. The Morgan fingerprint density at radius 1 is 1.11 bits per heavy atom. The van der Waals surface area contributed by atoms with E-state index in [1.54, 1.807) is 0 Å². The summed E-state index contributed by atoms with van der Waals surface area (Å²) in [6.07, 6.45) is 0. The Balaban J connectivity index is 2.03. The van der Waals surface area contributed by atoms with Gasteiger partial charge >= 0.3 is 0 Å². The van der Waals surface area contributed by atoms with Gasteiger partial charge in [-0.25, -0.2) is 0 Å². The normalized spacial score (nSPS) is 12.7. The molecule has 0 fully saturated rings. The quantitative estimate of drug-likeness (QED) is 0.851. The summed E-state index contributed by atoms with van der Waals surface area (Å²) < 4.78 is 0. The molecule has 18 heavy (non-hydrogen) atoms. The van der Waals surface area contributed by atoms with Crippen LogP contribution in [-0.4, -0.2) is 0 Å². The fourth-order valence-electron chi connectivity index (χ4n) is 2.17. The Hall–Kier alpha value is -1.12. The number of hydrogen-bond donors (Lipinski definition) is 1. The number of rotatable bonds is 4. The van der Waals surface area contributed by atoms with Crippen LogP contribution in [0.25, 0.3) is 0 Å². The van der Waals surface area contributed by atoms with E-state index in [0.29, 0.717) is 6.04 Å². The summed E-state index contributed by atoms with van der Waals surface area (Å²) in [4.78, 5) is 2.79. The highest BCUT2D eigenvalue weighted by Gasteiger charge is 2.08. The monoisotopic (exact) mass is 259 g/mol. The summed E-state index contributed by atoms with van der Waals surface area (Å²) in [5.41, 5.74) is 4.10. The van der Waals surface area contributed by atoms with Gasteiger partial charge in [0, 0.05) is 22.3 Å². The van der Waals surface area contributed by atoms with Gasteiger partial charge < -0.3 is 5.32 Å².